The van der Waals surface area contributed by atoms with Crippen molar-refractivity contribution in [1.29, 1.82) is 0 Å². The van der Waals surface area contributed by atoms with Crippen molar-refractivity contribution >= 4 is 12.0 Å². The van der Waals surface area contributed by atoms with Crippen LogP contribution in [0.15, 0.2) is 30.3 Å². The number of benzene rings is 1. The van der Waals surface area contributed by atoms with Gasteiger partial charge in [0.2, 0.25) is 0 Å². The third-order valence-corrected chi connectivity index (χ3v) is 1.91. The van der Waals surface area contributed by atoms with E-state index in [9.17, 15) is 4.79 Å². The first-order chi connectivity index (χ1) is 6.68. The van der Waals surface area contributed by atoms with Gasteiger partial charge in [-0.25, -0.2) is 0 Å². The zero-order valence-electron chi connectivity index (χ0n) is 8.23. The van der Waals surface area contributed by atoms with Crippen LogP contribution in [-0.4, -0.2) is 11.1 Å². The van der Waals surface area contributed by atoms with Gasteiger partial charge < -0.3 is 5.11 Å². The first kappa shape index (κ1) is 10.5. The predicted molar refractivity (Wildman–Crippen MR) is 57.1 cm³/mol. The molecule has 0 heterocycles. The van der Waals surface area contributed by atoms with E-state index in [4.69, 9.17) is 5.11 Å². The van der Waals surface area contributed by atoms with Crippen molar-refractivity contribution in [3.05, 3.63) is 41.5 Å². The molecule has 2 heteroatoms. The van der Waals surface area contributed by atoms with Gasteiger partial charge in [-0.1, -0.05) is 42.0 Å². The van der Waals surface area contributed by atoms with Gasteiger partial charge >= 0.3 is 5.97 Å². The molecule has 0 unspecified atom stereocenters. The Morgan fingerprint density at radius 1 is 1.36 bits per heavy atom. The van der Waals surface area contributed by atoms with Crippen molar-refractivity contribution in [3.63, 3.8) is 0 Å². The highest BCUT2D eigenvalue weighted by atomic mass is 16.4. The Labute approximate surface area is 83.9 Å². The Kier molecular flexibility index (Phi) is 3.92. The molecule has 0 radical (unpaired) electrons. The quantitative estimate of drug-likeness (QED) is 0.792. The van der Waals surface area contributed by atoms with E-state index in [-0.39, 0.29) is 6.42 Å². The fraction of sp³-hybridized carbons (Fsp3) is 0.250. The van der Waals surface area contributed by atoms with E-state index in [1.54, 1.807) is 0 Å². The summed E-state index contributed by atoms with van der Waals surface area (Å²) in [5.41, 5.74) is 2.34. The molecule has 0 aliphatic heterocycles. The molecule has 1 aromatic carbocycles. The van der Waals surface area contributed by atoms with Crippen LogP contribution < -0.4 is 0 Å². The summed E-state index contributed by atoms with van der Waals surface area (Å²) >= 11 is 0. The first-order valence-electron chi connectivity index (χ1n) is 4.63. The molecule has 0 atom stereocenters. The molecule has 74 valence electrons. The topological polar surface area (TPSA) is 37.3 Å². The molecule has 1 N–H and O–H groups in total. The highest BCUT2D eigenvalue weighted by Gasteiger charge is 1.92. The number of hydrogen-bond acceptors (Lipinski definition) is 1. The fourth-order valence-corrected chi connectivity index (χ4v) is 1.10. The molecule has 1 aromatic rings. The summed E-state index contributed by atoms with van der Waals surface area (Å²) in [5, 5.41) is 8.41. The standard InChI is InChI=1S/C12H14O2/c1-10-6-8-11(9-7-10)4-2-3-5-12(13)14/h2,4,6-9H,3,5H2,1H3,(H,13,14)/b4-2-. The summed E-state index contributed by atoms with van der Waals surface area (Å²) in [6.45, 7) is 2.04. The lowest BCUT2D eigenvalue weighted by Crippen LogP contribution is -1.91. The lowest BCUT2D eigenvalue weighted by Gasteiger charge is -1.94. The van der Waals surface area contributed by atoms with Gasteiger partial charge in [-0.3, -0.25) is 4.79 Å². The van der Waals surface area contributed by atoms with Crippen LogP contribution in [0.1, 0.15) is 24.0 Å². The van der Waals surface area contributed by atoms with Crippen LogP contribution in [0.5, 0.6) is 0 Å². The maximum Gasteiger partial charge on any atom is 0.303 e. The number of rotatable bonds is 4. The maximum absolute atomic E-state index is 10.2. The summed E-state index contributed by atoms with van der Waals surface area (Å²) in [6.07, 6.45) is 4.62. The van der Waals surface area contributed by atoms with Gasteiger partial charge in [-0.05, 0) is 18.9 Å². The minimum Gasteiger partial charge on any atom is -0.481 e. The van der Waals surface area contributed by atoms with E-state index in [0.717, 1.165) is 5.56 Å². The van der Waals surface area contributed by atoms with Gasteiger partial charge in [0.25, 0.3) is 0 Å². The second-order valence-corrected chi connectivity index (χ2v) is 3.25. The first-order valence-corrected chi connectivity index (χ1v) is 4.63. The Bertz CT molecular complexity index is 323. The van der Waals surface area contributed by atoms with Crippen molar-refractivity contribution in [3.8, 4) is 0 Å². The second kappa shape index (κ2) is 5.22. The Morgan fingerprint density at radius 3 is 2.57 bits per heavy atom. The van der Waals surface area contributed by atoms with E-state index >= 15 is 0 Å². The fourth-order valence-electron chi connectivity index (χ4n) is 1.10. The van der Waals surface area contributed by atoms with Gasteiger partial charge in [0.1, 0.15) is 0 Å². The van der Waals surface area contributed by atoms with E-state index in [2.05, 4.69) is 0 Å². The predicted octanol–water partition coefficient (Wildman–Crippen LogP) is 2.87. The Balaban J connectivity index is 2.44. The van der Waals surface area contributed by atoms with Crippen LogP contribution >= 0.6 is 0 Å². The van der Waals surface area contributed by atoms with Gasteiger partial charge in [0.05, 0.1) is 0 Å². The van der Waals surface area contributed by atoms with Crippen molar-refractivity contribution in [2.24, 2.45) is 0 Å². The van der Waals surface area contributed by atoms with Crippen LogP contribution in [0.2, 0.25) is 0 Å². The van der Waals surface area contributed by atoms with Gasteiger partial charge in [0, 0.05) is 6.42 Å². The zero-order chi connectivity index (χ0) is 10.4. The molecule has 2 nitrogen and oxygen atoms in total. The Morgan fingerprint density at radius 2 is 2.00 bits per heavy atom. The summed E-state index contributed by atoms with van der Waals surface area (Å²) < 4.78 is 0. The molecule has 0 aliphatic carbocycles. The SMILES string of the molecule is Cc1ccc(/C=C\CCC(=O)O)cc1. The molecule has 0 fully saturated rings. The summed E-state index contributed by atoms with van der Waals surface area (Å²) in [6, 6.07) is 8.12. The number of allylic oxidation sites excluding steroid dienone is 1. The normalized spacial score (nSPS) is 10.6. The summed E-state index contributed by atoms with van der Waals surface area (Å²) in [5.74, 6) is -0.751. The third kappa shape index (κ3) is 3.90. The van der Waals surface area contributed by atoms with Crippen molar-refractivity contribution < 1.29 is 9.90 Å². The lowest BCUT2D eigenvalue weighted by molar-refractivity contribution is -0.136. The van der Waals surface area contributed by atoms with E-state index in [1.165, 1.54) is 5.56 Å². The number of aryl methyl sites for hydroxylation is 1. The van der Waals surface area contributed by atoms with Crippen molar-refractivity contribution in [1.82, 2.24) is 0 Å². The molecular weight excluding hydrogens is 176 g/mol. The molecule has 1 rings (SSSR count). The van der Waals surface area contributed by atoms with Crippen molar-refractivity contribution in [2.45, 2.75) is 19.8 Å². The number of hydrogen-bond donors (Lipinski definition) is 1. The van der Waals surface area contributed by atoms with E-state index < -0.39 is 5.97 Å². The Hall–Kier alpha value is -1.57. The van der Waals surface area contributed by atoms with Crippen LogP contribution in [0.25, 0.3) is 6.08 Å². The maximum atomic E-state index is 10.2. The highest BCUT2D eigenvalue weighted by Crippen LogP contribution is 2.05. The summed E-state index contributed by atoms with van der Waals surface area (Å²) in [4.78, 5) is 10.2. The second-order valence-electron chi connectivity index (χ2n) is 3.25. The molecule has 14 heavy (non-hydrogen) atoms. The average molecular weight is 190 g/mol. The minimum atomic E-state index is -0.751. The number of carboxylic acid groups (broad SMARTS) is 1. The number of carbonyl (C=O) groups is 1. The summed E-state index contributed by atoms with van der Waals surface area (Å²) in [7, 11) is 0. The molecule has 0 spiro atoms. The van der Waals surface area contributed by atoms with E-state index in [1.807, 2.05) is 43.3 Å². The average Bonchev–Trinajstić information content (AvgIpc) is 2.15. The van der Waals surface area contributed by atoms with E-state index in [0.29, 0.717) is 6.42 Å². The molecule has 0 amide bonds. The monoisotopic (exact) mass is 190 g/mol. The van der Waals surface area contributed by atoms with Crippen LogP contribution in [0, 0.1) is 6.92 Å². The van der Waals surface area contributed by atoms with Crippen molar-refractivity contribution in [2.75, 3.05) is 0 Å². The largest absolute Gasteiger partial charge is 0.481 e. The van der Waals surface area contributed by atoms with Gasteiger partial charge in [0.15, 0.2) is 0 Å². The smallest absolute Gasteiger partial charge is 0.303 e. The lowest BCUT2D eigenvalue weighted by atomic mass is 10.1. The molecule has 0 bridgehead atoms. The zero-order valence-corrected chi connectivity index (χ0v) is 8.23. The molecular formula is C12H14O2. The molecule has 0 saturated heterocycles. The number of carboxylic acids is 1. The molecule has 0 aromatic heterocycles. The van der Waals surface area contributed by atoms with Crippen LogP contribution in [0.3, 0.4) is 0 Å². The highest BCUT2D eigenvalue weighted by molar-refractivity contribution is 5.67. The third-order valence-electron chi connectivity index (χ3n) is 1.91. The molecule has 0 saturated carbocycles. The van der Waals surface area contributed by atoms with Gasteiger partial charge in [-0.2, -0.15) is 0 Å². The minimum absolute atomic E-state index is 0.197. The van der Waals surface area contributed by atoms with Gasteiger partial charge in [-0.15, -0.1) is 0 Å². The van der Waals surface area contributed by atoms with Crippen LogP contribution in [-0.2, 0) is 4.79 Å². The van der Waals surface area contributed by atoms with Crippen LogP contribution in [0.4, 0.5) is 0 Å². The molecule has 0 aliphatic rings. The number of aliphatic carboxylic acids is 1.